The van der Waals surface area contributed by atoms with Crippen molar-refractivity contribution < 1.29 is 14.0 Å². The zero-order valence-corrected chi connectivity index (χ0v) is 17.0. The Hall–Kier alpha value is -1.35. The molecule has 3 nitrogen and oxygen atoms in total. The Morgan fingerprint density at radius 3 is 1.92 bits per heavy atom. The Balaban J connectivity index is 2.49. The molecule has 0 aliphatic rings. The molecule has 0 aliphatic carbocycles. The number of hydrogen-bond donors (Lipinski definition) is 0. The van der Waals surface area contributed by atoms with E-state index >= 15 is 0 Å². The second kappa shape index (κ2) is 11.3. The van der Waals surface area contributed by atoms with Gasteiger partial charge in [0.15, 0.2) is 6.04 Å². The standard InChI is InChI=1S/C22H38NO2/c1-6-7-8-9-10-11-12-13-14-21(23(2,3)4)22(24)19-15-17-20(25-5)18-16-19/h15-18,21H,6-14H2,1-5H3/q+1/t21-/m1/s1. The first kappa shape index (κ1) is 21.7. The molecule has 0 unspecified atom stereocenters. The molecule has 0 spiro atoms. The molecule has 1 rings (SSSR count). The summed E-state index contributed by atoms with van der Waals surface area (Å²) in [6, 6.07) is 7.54. The highest BCUT2D eigenvalue weighted by atomic mass is 16.5. The molecule has 0 aliphatic heterocycles. The second-order valence-corrected chi connectivity index (χ2v) is 7.99. The first-order chi connectivity index (χ1) is 11.9. The first-order valence-electron chi connectivity index (χ1n) is 9.89. The van der Waals surface area contributed by atoms with Crippen LogP contribution in [-0.2, 0) is 0 Å². The van der Waals surface area contributed by atoms with Crippen molar-refractivity contribution in [2.24, 2.45) is 0 Å². The van der Waals surface area contributed by atoms with Crippen LogP contribution in [0.5, 0.6) is 5.75 Å². The number of likely N-dealkylation sites (N-methyl/N-ethyl adjacent to an activating group) is 1. The van der Waals surface area contributed by atoms with Crippen LogP contribution < -0.4 is 4.74 Å². The topological polar surface area (TPSA) is 26.3 Å². The quantitative estimate of drug-likeness (QED) is 0.268. The summed E-state index contributed by atoms with van der Waals surface area (Å²) in [7, 11) is 8.01. The van der Waals surface area contributed by atoms with Crippen molar-refractivity contribution >= 4 is 5.78 Å². The SMILES string of the molecule is CCCCCCCCCC[C@H](C(=O)c1ccc(OC)cc1)[N+](C)(C)C. The Labute approximate surface area is 155 Å². The fourth-order valence-electron chi connectivity index (χ4n) is 3.29. The van der Waals surface area contributed by atoms with Gasteiger partial charge in [-0.2, -0.15) is 0 Å². The van der Waals surface area contributed by atoms with E-state index in [0.717, 1.165) is 24.2 Å². The summed E-state index contributed by atoms with van der Waals surface area (Å²) in [6.07, 6.45) is 11.4. The van der Waals surface area contributed by atoms with Gasteiger partial charge in [-0.05, 0) is 30.7 Å². The average molecular weight is 349 g/mol. The van der Waals surface area contributed by atoms with E-state index < -0.39 is 0 Å². The number of ether oxygens (including phenoxy) is 1. The zero-order chi connectivity index (χ0) is 18.7. The van der Waals surface area contributed by atoms with Crippen LogP contribution in [-0.4, -0.2) is 44.6 Å². The molecular formula is C22H38NO2+. The number of ketones is 1. The molecule has 142 valence electrons. The highest BCUT2D eigenvalue weighted by molar-refractivity contribution is 5.99. The smallest absolute Gasteiger partial charge is 0.219 e. The van der Waals surface area contributed by atoms with E-state index in [1.807, 2.05) is 24.3 Å². The minimum Gasteiger partial charge on any atom is -0.497 e. The van der Waals surface area contributed by atoms with E-state index in [1.54, 1.807) is 7.11 Å². The van der Waals surface area contributed by atoms with Gasteiger partial charge >= 0.3 is 0 Å². The van der Waals surface area contributed by atoms with E-state index in [9.17, 15) is 4.79 Å². The predicted octanol–water partition coefficient (Wildman–Crippen LogP) is 5.48. The van der Waals surface area contributed by atoms with E-state index in [0.29, 0.717) is 4.48 Å². The van der Waals surface area contributed by atoms with E-state index in [1.165, 1.54) is 44.9 Å². The molecule has 0 fully saturated rings. The van der Waals surface area contributed by atoms with Gasteiger partial charge in [0, 0.05) is 12.0 Å². The number of methoxy groups -OCH3 is 1. The summed E-state index contributed by atoms with van der Waals surface area (Å²) in [5, 5.41) is 0. The van der Waals surface area contributed by atoms with E-state index in [2.05, 4.69) is 28.1 Å². The van der Waals surface area contributed by atoms with Gasteiger partial charge < -0.3 is 9.22 Å². The van der Waals surface area contributed by atoms with Crippen LogP contribution in [0.25, 0.3) is 0 Å². The van der Waals surface area contributed by atoms with Gasteiger partial charge in [-0.3, -0.25) is 4.79 Å². The molecule has 0 radical (unpaired) electrons. The van der Waals surface area contributed by atoms with Crippen molar-refractivity contribution in [1.82, 2.24) is 0 Å². The van der Waals surface area contributed by atoms with Crippen molar-refractivity contribution in [3.63, 3.8) is 0 Å². The molecule has 25 heavy (non-hydrogen) atoms. The summed E-state index contributed by atoms with van der Waals surface area (Å²) in [6.45, 7) is 2.25. The number of Topliss-reactive ketones (excluding diaryl/α,β-unsaturated/α-hetero) is 1. The van der Waals surface area contributed by atoms with Gasteiger partial charge in [-0.15, -0.1) is 0 Å². The fourth-order valence-corrected chi connectivity index (χ4v) is 3.29. The van der Waals surface area contributed by atoms with Gasteiger partial charge in [0.05, 0.1) is 28.3 Å². The third-order valence-corrected chi connectivity index (χ3v) is 4.94. The maximum absolute atomic E-state index is 13.0. The number of carbonyl (C=O) groups is 1. The van der Waals surface area contributed by atoms with Crippen molar-refractivity contribution in [1.29, 1.82) is 0 Å². The van der Waals surface area contributed by atoms with Crippen LogP contribution in [0.15, 0.2) is 24.3 Å². The summed E-state index contributed by atoms with van der Waals surface area (Å²) >= 11 is 0. The van der Waals surface area contributed by atoms with Crippen molar-refractivity contribution in [2.45, 2.75) is 70.8 Å². The first-order valence-corrected chi connectivity index (χ1v) is 9.89. The van der Waals surface area contributed by atoms with Gasteiger partial charge in [0.2, 0.25) is 5.78 Å². The Morgan fingerprint density at radius 1 is 0.920 bits per heavy atom. The lowest BCUT2D eigenvalue weighted by Gasteiger charge is -2.33. The van der Waals surface area contributed by atoms with Gasteiger partial charge in [0.25, 0.3) is 0 Å². The summed E-state index contributed by atoms with van der Waals surface area (Å²) in [5.74, 6) is 1.04. The molecule has 1 aromatic carbocycles. The number of carbonyl (C=O) groups excluding carboxylic acids is 1. The Morgan fingerprint density at radius 2 is 1.44 bits per heavy atom. The zero-order valence-electron chi connectivity index (χ0n) is 17.0. The lowest BCUT2D eigenvalue weighted by atomic mass is 9.96. The monoisotopic (exact) mass is 348 g/mol. The average Bonchev–Trinajstić information content (AvgIpc) is 2.59. The molecule has 0 N–H and O–H groups in total. The summed E-state index contributed by atoms with van der Waals surface area (Å²) in [4.78, 5) is 13.0. The van der Waals surface area contributed by atoms with E-state index in [-0.39, 0.29) is 11.8 Å². The molecule has 0 saturated carbocycles. The van der Waals surface area contributed by atoms with Crippen molar-refractivity contribution in [3.8, 4) is 5.75 Å². The van der Waals surface area contributed by atoms with Crippen LogP contribution in [0.1, 0.15) is 75.1 Å². The predicted molar refractivity (Wildman–Crippen MR) is 106 cm³/mol. The fraction of sp³-hybridized carbons (Fsp3) is 0.682. The van der Waals surface area contributed by atoms with Crippen LogP contribution in [0.3, 0.4) is 0 Å². The minimum absolute atomic E-state index is 0.0217. The molecule has 0 amide bonds. The van der Waals surface area contributed by atoms with Crippen LogP contribution in [0.4, 0.5) is 0 Å². The van der Waals surface area contributed by atoms with E-state index in [4.69, 9.17) is 4.74 Å². The molecule has 3 heteroatoms. The summed E-state index contributed by atoms with van der Waals surface area (Å²) < 4.78 is 5.87. The van der Waals surface area contributed by atoms with Crippen molar-refractivity contribution in [2.75, 3.05) is 28.3 Å². The van der Waals surface area contributed by atoms with Gasteiger partial charge in [-0.25, -0.2) is 0 Å². The number of unbranched alkanes of at least 4 members (excludes halogenated alkanes) is 7. The third kappa shape index (κ3) is 8.04. The number of rotatable bonds is 13. The number of quaternary nitrogens is 1. The highest BCUT2D eigenvalue weighted by Crippen LogP contribution is 2.20. The van der Waals surface area contributed by atoms with Crippen molar-refractivity contribution in [3.05, 3.63) is 29.8 Å². The van der Waals surface area contributed by atoms with Gasteiger partial charge in [-0.1, -0.05) is 51.9 Å². The lowest BCUT2D eigenvalue weighted by Crippen LogP contribution is -2.49. The second-order valence-electron chi connectivity index (χ2n) is 7.99. The lowest BCUT2D eigenvalue weighted by molar-refractivity contribution is -0.886. The molecule has 0 heterocycles. The Bertz CT molecular complexity index is 488. The molecule has 1 aromatic rings. The third-order valence-electron chi connectivity index (χ3n) is 4.94. The molecule has 0 bridgehead atoms. The maximum atomic E-state index is 13.0. The molecule has 0 saturated heterocycles. The number of benzene rings is 1. The van der Waals surface area contributed by atoms with Crippen LogP contribution in [0.2, 0.25) is 0 Å². The number of nitrogens with zero attached hydrogens (tertiary/aromatic N) is 1. The minimum atomic E-state index is 0.0217. The van der Waals surface area contributed by atoms with Crippen LogP contribution in [0, 0.1) is 0 Å². The van der Waals surface area contributed by atoms with Crippen LogP contribution >= 0.6 is 0 Å². The number of hydrogen-bond acceptors (Lipinski definition) is 2. The molecule has 1 atom stereocenters. The van der Waals surface area contributed by atoms with Gasteiger partial charge in [0.1, 0.15) is 5.75 Å². The highest BCUT2D eigenvalue weighted by Gasteiger charge is 2.31. The summed E-state index contributed by atoms with van der Waals surface area (Å²) in [5.41, 5.74) is 0.790. The molecular weight excluding hydrogens is 310 g/mol. The molecule has 0 aromatic heterocycles. The Kier molecular flexibility index (Phi) is 9.81. The largest absolute Gasteiger partial charge is 0.497 e. The maximum Gasteiger partial charge on any atom is 0.219 e. The normalized spacial score (nSPS) is 12.8.